The van der Waals surface area contributed by atoms with Crippen molar-refractivity contribution in [2.75, 3.05) is 25.2 Å². The Balaban J connectivity index is 2.49. The van der Waals surface area contributed by atoms with Crippen molar-refractivity contribution in [2.24, 2.45) is 0 Å². The third kappa shape index (κ3) is 4.98. The van der Waals surface area contributed by atoms with Gasteiger partial charge in [0.2, 0.25) is 0 Å². The summed E-state index contributed by atoms with van der Waals surface area (Å²) in [6.45, 7) is 0.562. The van der Waals surface area contributed by atoms with Gasteiger partial charge >= 0.3 is 0 Å². The fourth-order valence-corrected chi connectivity index (χ4v) is 2.62. The highest BCUT2D eigenvalue weighted by atomic mass is 35.5. The van der Waals surface area contributed by atoms with Crippen LogP contribution in [0.1, 0.15) is 16.8 Å². The highest BCUT2D eigenvalue weighted by molar-refractivity contribution is 7.85. The normalized spacial score (nSPS) is 12.4. The molecule has 3 nitrogen and oxygen atoms in total. The fourth-order valence-electron chi connectivity index (χ4n) is 1.35. The zero-order chi connectivity index (χ0) is 12.7. The number of carbonyl (C=O) groups is 1. The van der Waals surface area contributed by atoms with Crippen molar-refractivity contribution in [1.29, 1.82) is 0 Å². The van der Waals surface area contributed by atoms with Crippen LogP contribution in [-0.2, 0) is 15.5 Å². The number of ketones is 1. The first-order chi connectivity index (χ1) is 8.15. The molecule has 0 bridgehead atoms. The molecule has 1 aromatic rings. The molecular formula is C12H15ClO3S. The minimum atomic E-state index is -1.15. The first kappa shape index (κ1) is 14.4. The van der Waals surface area contributed by atoms with Crippen molar-refractivity contribution in [3.8, 4) is 0 Å². The summed E-state index contributed by atoms with van der Waals surface area (Å²) in [5.74, 6) is 0.323. The summed E-state index contributed by atoms with van der Waals surface area (Å²) in [6.07, 6.45) is 0.693. The summed E-state index contributed by atoms with van der Waals surface area (Å²) in [7, 11) is 0.447. The quantitative estimate of drug-likeness (QED) is 0.566. The molecule has 0 N–H and O–H groups in total. The van der Waals surface area contributed by atoms with E-state index in [1.54, 1.807) is 31.4 Å². The van der Waals surface area contributed by atoms with Crippen molar-refractivity contribution in [2.45, 2.75) is 6.42 Å². The Kier molecular flexibility index (Phi) is 6.40. The minimum absolute atomic E-state index is 0.0213. The summed E-state index contributed by atoms with van der Waals surface area (Å²) in [5.41, 5.74) is 0.439. The lowest BCUT2D eigenvalue weighted by Crippen LogP contribution is -2.14. The minimum Gasteiger partial charge on any atom is -0.385 e. The van der Waals surface area contributed by atoms with Gasteiger partial charge in [0.15, 0.2) is 5.78 Å². The number of hydrogen-bond donors (Lipinski definition) is 0. The fraction of sp³-hybridized carbons (Fsp3) is 0.417. The maximum atomic E-state index is 11.8. The van der Waals surface area contributed by atoms with Gasteiger partial charge in [-0.05, 0) is 18.6 Å². The summed E-state index contributed by atoms with van der Waals surface area (Å²) in [5, 5.41) is 0.409. The van der Waals surface area contributed by atoms with E-state index in [0.29, 0.717) is 29.4 Å². The Morgan fingerprint density at radius 1 is 1.41 bits per heavy atom. The average molecular weight is 275 g/mol. The van der Waals surface area contributed by atoms with Gasteiger partial charge in [-0.2, -0.15) is 0 Å². The summed E-state index contributed by atoms with van der Waals surface area (Å²) in [6, 6.07) is 6.81. The van der Waals surface area contributed by atoms with E-state index in [-0.39, 0.29) is 11.5 Å². The average Bonchev–Trinajstić information content (AvgIpc) is 2.29. The van der Waals surface area contributed by atoms with Crippen LogP contribution >= 0.6 is 11.6 Å². The highest BCUT2D eigenvalue weighted by Gasteiger charge is 2.12. The Bertz CT molecular complexity index is 406. The van der Waals surface area contributed by atoms with E-state index in [1.165, 1.54) is 0 Å². The maximum absolute atomic E-state index is 11.8. The second-order valence-electron chi connectivity index (χ2n) is 3.54. The van der Waals surface area contributed by atoms with Crippen molar-refractivity contribution in [1.82, 2.24) is 0 Å². The maximum Gasteiger partial charge on any atom is 0.176 e. The molecule has 0 fully saturated rings. The molecular weight excluding hydrogens is 260 g/mol. The van der Waals surface area contributed by atoms with Crippen molar-refractivity contribution in [3.05, 3.63) is 34.9 Å². The van der Waals surface area contributed by atoms with E-state index in [1.807, 2.05) is 0 Å². The van der Waals surface area contributed by atoms with Crippen LogP contribution in [0.15, 0.2) is 24.3 Å². The first-order valence-electron chi connectivity index (χ1n) is 5.26. The lowest BCUT2D eigenvalue weighted by molar-refractivity contribution is 0.102. The number of methoxy groups -OCH3 is 1. The number of ether oxygens (including phenoxy) is 1. The van der Waals surface area contributed by atoms with E-state index < -0.39 is 10.8 Å². The van der Waals surface area contributed by atoms with Crippen LogP contribution in [-0.4, -0.2) is 35.2 Å². The first-order valence-corrected chi connectivity index (χ1v) is 7.13. The summed E-state index contributed by atoms with van der Waals surface area (Å²) < 4.78 is 16.5. The highest BCUT2D eigenvalue weighted by Crippen LogP contribution is 2.15. The van der Waals surface area contributed by atoms with Gasteiger partial charge in [0.05, 0.1) is 10.8 Å². The standard InChI is InChI=1S/C12H15ClO3S/c1-16-7-4-8-17(15)9-12(14)10-5-2-3-6-11(10)13/h2-3,5-6H,4,7-9H2,1H3. The van der Waals surface area contributed by atoms with Crippen LogP contribution in [0.2, 0.25) is 5.02 Å². The van der Waals surface area contributed by atoms with Gasteiger partial charge in [-0.25, -0.2) is 0 Å². The number of Topliss-reactive ketones (excluding diaryl/α,β-unsaturated/α-hetero) is 1. The number of benzene rings is 1. The number of rotatable bonds is 7. The van der Waals surface area contributed by atoms with Crippen LogP contribution in [0.25, 0.3) is 0 Å². The van der Waals surface area contributed by atoms with Gasteiger partial charge in [-0.1, -0.05) is 23.7 Å². The lowest BCUT2D eigenvalue weighted by Gasteiger charge is -2.03. The van der Waals surface area contributed by atoms with E-state index >= 15 is 0 Å². The van der Waals surface area contributed by atoms with Crippen molar-refractivity contribution >= 4 is 28.2 Å². The van der Waals surface area contributed by atoms with Crippen LogP contribution in [0.5, 0.6) is 0 Å². The predicted molar refractivity (Wildman–Crippen MR) is 70.2 cm³/mol. The molecule has 0 amide bonds. The topological polar surface area (TPSA) is 43.4 Å². The third-order valence-corrected chi connectivity index (χ3v) is 3.84. The molecule has 0 heterocycles. The Hall–Kier alpha value is -0.710. The largest absolute Gasteiger partial charge is 0.385 e. The molecule has 5 heteroatoms. The molecule has 0 aliphatic rings. The summed E-state index contributed by atoms with van der Waals surface area (Å²) in [4.78, 5) is 11.8. The zero-order valence-corrected chi connectivity index (χ0v) is 11.2. The zero-order valence-electron chi connectivity index (χ0n) is 9.65. The second-order valence-corrected chi connectivity index (χ2v) is 5.52. The molecule has 1 aromatic carbocycles. The molecule has 0 aliphatic heterocycles. The van der Waals surface area contributed by atoms with Crippen LogP contribution in [0.4, 0.5) is 0 Å². The molecule has 17 heavy (non-hydrogen) atoms. The second kappa shape index (κ2) is 7.58. The smallest absolute Gasteiger partial charge is 0.176 e. The molecule has 0 saturated heterocycles. The van der Waals surface area contributed by atoms with E-state index in [2.05, 4.69) is 0 Å². The molecule has 0 radical (unpaired) electrons. The number of halogens is 1. The predicted octanol–water partition coefficient (Wildman–Crippen LogP) is 2.31. The van der Waals surface area contributed by atoms with Gasteiger partial charge in [-0.15, -0.1) is 0 Å². The number of carbonyl (C=O) groups excluding carboxylic acids is 1. The monoisotopic (exact) mass is 274 g/mol. The van der Waals surface area contributed by atoms with Crippen LogP contribution in [0, 0.1) is 0 Å². The molecule has 1 unspecified atom stereocenters. The molecule has 0 aromatic heterocycles. The third-order valence-electron chi connectivity index (χ3n) is 2.19. The van der Waals surface area contributed by atoms with Gasteiger partial charge in [0, 0.05) is 35.8 Å². The SMILES string of the molecule is COCCCS(=O)CC(=O)c1ccccc1Cl. The van der Waals surface area contributed by atoms with Crippen molar-refractivity contribution < 1.29 is 13.7 Å². The van der Waals surface area contributed by atoms with E-state index in [0.717, 1.165) is 0 Å². The van der Waals surface area contributed by atoms with E-state index in [4.69, 9.17) is 16.3 Å². The molecule has 1 rings (SSSR count). The molecule has 0 saturated carbocycles. The van der Waals surface area contributed by atoms with Crippen LogP contribution in [0.3, 0.4) is 0 Å². The molecule has 0 aliphatic carbocycles. The van der Waals surface area contributed by atoms with Crippen molar-refractivity contribution in [3.63, 3.8) is 0 Å². The molecule has 0 spiro atoms. The van der Waals surface area contributed by atoms with Gasteiger partial charge < -0.3 is 4.74 Å². The Labute approximate surface area is 109 Å². The Morgan fingerprint density at radius 2 is 2.12 bits per heavy atom. The Morgan fingerprint density at radius 3 is 2.76 bits per heavy atom. The van der Waals surface area contributed by atoms with Gasteiger partial charge in [0.25, 0.3) is 0 Å². The van der Waals surface area contributed by atoms with Gasteiger partial charge in [0.1, 0.15) is 0 Å². The van der Waals surface area contributed by atoms with E-state index in [9.17, 15) is 9.00 Å². The van der Waals surface area contributed by atoms with Gasteiger partial charge in [-0.3, -0.25) is 9.00 Å². The lowest BCUT2D eigenvalue weighted by atomic mass is 10.1. The molecule has 1 atom stereocenters. The van der Waals surface area contributed by atoms with Crippen LogP contribution < -0.4 is 0 Å². The molecule has 94 valence electrons. The number of hydrogen-bond acceptors (Lipinski definition) is 3. The summed E-state index contributed by atoms with van der Waals surface area (Å²) >= 11 is 5.89.